The highest BCUT2D eigenvalue weighted by molar-refractivity contribution is 6.01. The first-order chi connectivity index (χ1) is 50.8. The van der Waals surface area contributed by atoms with Crippen molar-refractivity contribution in [1.29, 1.82) is 0 Å². The number of carbonyl (C=O) groups is 12. The number of carbonyl (C=O) groups excluding carboxylic acids is 12. The van der Waals surface area contributed by atoms with Crippen molar-refractivity contribution in [3.8, 4) is 0 Å². The van der Waals surface area contributed by atoms with Crippen LogP contribution in [0.2, 0.25) is 0 Å². The zero-order valence-corrected chi connectivity index (χ0v) is 66.3. The molecule has 12 amide bonds. The lowest BCUT2D eigenvalue weighted by atomic mass is 9.58. The predicted molar refractivity (Wildman–Crippen MR) is 392 cm³/mol. The number of likely N-dealkylation sites (N-methyl/N-ethyl adjacent to an activating group) is 6. The molecular formula is C78H123F5N12O13. The third-order valence-corrected chi connectivity index (χ3v) is 24.8. The van der Waals surface area contributed by atoms with Gasteiger partial charge < -0.3 is 64.8 Å². The number of alkyl halides is 5. The van der Waals surface area contributed by atoms with Crippen LogP contribution in [0, 0.1) is 40.9 Å². The zero-order chi connectivity index (χ0) is 79.8. The fourth-order valence-corrected chi connectivity index (χ4v) is 17.8. The van der Waals surface area contributed by atoms with Gasteiger partial charge >= 0.3 is 6.18 Å². The summed E-state index contributed by atoms with van der Waals surface area (Å²) in [6.07, 6.45) is -2.13. The van der Waals surface area contributed by atoms with Gasteiger partial charge in [-0.15, -0.1) is 0 Å². The average Bonchev–Trinajstić information content (AvgIpc) is 0.889. The van der Waals surface area contributed by atoms with Crippen LogP contribution in [0.25, 0.3) is 0 Å². The smallest absolute Gasteiger partial charge is 0.377 e. The molecule has 0 aromatic rings. The molecule has 3 N–H and O–H groups in total. The van der Waals surface area contributed by atoms with Crippen molar-refractivity contribution < 1.29 is 84.2 Å². The van der Waals surface area contributed by atoms with Gasteiger partial charge in [-0.1, -0.05) is 111 Å². The summed E-state index contributed by atoms with van der Waals surface area (Å²) in [4.78, 5) is 194. The van der Waals surface area contributed by atoms with Gasteiger partial charge in [0.05, 0.1) is 19.1 Å². The molecule has 5 saturated carbocycles. The minimum atomic E-state index is -5.18. The zero-order valence-electron chi connectivity index (χ0n) is 66.3. The molecule has 8 aliphatic rings. The lowest BCUT2D eigenvalue weighted by molar-refractivity contribution is -0.219. The molecule has 2 bridgehead atoms. The summed E-state index contributed by atoms with van der Waals surface area (Å²) in [6, 6.07) is -11.0. The summed E-state index contributed by atoms with van der Waals surface area (Å²) < 4.78 is 79.2. The van der Waals surface area contributed by atoms with E-state index in [1.807, 2.05) is 33.8 Å². The molecule has 108 heavy (non-hydrogen) atoms. The average molecular weight is 1530 g/mol. The molecule has 8 rings (SSSR count). The van der Waals surface area contributed by atoms with Crippen molar-refractivity contribution in [1.82, 2.24) is 60.0 Å². The second kappa shape index (κ2) is 36.9. The largest absolute Gasteiger partial charge is 0.397 e. The minimum Gasteiger partial charge on any atom is -0.377 e. The topological polar surface area (TPSA) is 279 Å². The van der Waals surface area contributed by atoms with E-state index in [0.29, 0.717) is 38.0 Å². The van der Waals surface area contributed by atoms with E-state index in [4.69, 9.17) is 4.74 Å². The number of nitrogens with one attached hydrogen (secondary N) is 3. The van der Waals surface area contributed by atoms with Crippen LogP contribution < -0.4 is 16.0 Å². The maximum Gasteiger partial charge on any atom is 0.397 e. The van der Waals surface area contributed by atoms with Gasteiger partial charge in [-0.05, 0) is 125 Å². The number of hydrogen-bond donors (Lipinski definition) is 3. The Labute approximate surface area is 634 Å². The van der Waals surface area contributed by atoms with E-state index in [0.717, 1.165) is 54.7 Å². The first kappa shape index (κ1) is 86.6. The van der Waals surface area contributed by atoms with E-state index in [-0.39, 0.29) is 82.9 Å². The molecule has 7 fully saturated rings. The summed E-state index contributed by atoms with van der Waals surface area (Å²) in [7, 11) is 9.99. The van der Waals surface area contributed by atoms with Gasteiger partial charge in [0.25, 0.3) is 0 Å². The summed E-state index contributed by atoms with van der Waals surface area (Å²) in [5.41, 5.74) is -2.28. The summed E-state index contributed by atoms with van der Waals surface area (Å²) in [5, 5.41) is 8.72. The Morgan fingerprint density at radius 1 is 0.648 bits per heavy atom. The molecule has 30 heteroatoms. The maximum absolute atomic E-state index is 15.7. The normalized spacial score (nSPS) is 32.8. The summed E-state index contributed by atoms with van der Waals surface area (Å²) in [5.74, 6) is -12.4. The lowest BCUT2D eigenvalue weighted by Gasteiger charge is -2.54. The monoisotopic (exact) mass is 1530 g/mol. The Hall–Kier alpha value is -7.01. The molecule has 0 aromatic heterocycles. The first-order valence-electron chi connectivity index (χ1n) is 39.7. The number of ether oxygens (including phenoxy) is 1. The summed E-state index contributed by atoms with van der Waals surface area (Å²) in [6.45, 7) is 11.8. The Balaban J connectivity index is 1.21. The van der Waals surface area contributed by atoms with E-state index in [9.17, 15) is 37.1 Å². The molecule has 2 saturated heterocycles. The highest BCUT2D eigenvalue weighted by Crippen LogP contribution is 2.50. The number of amides is 12. The van der Waals surface area contributed by atoms with E-state index in [1.54, 1.807) is 19.9 Å². The van der Waals surface area contributed by atoms with E-state index in [2.05, 4.69) is 22.9 Å². The van der Waals surface area contributed by atoms with Crippen LogP contribution in [-0.2, 0) is 62.3 Å². The SMILES string of the molecule is CCC[C@H]1C(=O)N[C@@H]([C@@H](C)CC)C(=O)N(C2CC2)CC(=O)N(C)[C@H]2C/C=C\CCN(C2=O)[C@@H](CC2CCC(C)CC2)C(=O)N(C)CC(=O)N[C@@H](CCC2CC(F)C(C(F)(F)F)C(F)C2)C(=O)N2C[C@H](OCC)C[C@H]2C(=O)NC2(CC(C)(C)C2)C(=O)N(C)[C@@H](CC2CCC2)C(=O)N(C)[C@H](C(=O)N(C)C)CC(=O)N1C. The fourth-order valence-electron chi connectivity index (χ4n) is 17.8. The van der Waals surface area contributed by atoms with Crippen molar-refractivity contribution in [2.45, 2.75) is 287 Å². The number of hydrogen-bond acceptors (Lipinski definition) is 13. The molecule has 2 unspecified atom stereocenters. The van der Waals surface area contributed by atoms with Gasteiger partial charge in [0, 0.05) is 81.5 Å². The molecule has 3 heterocycles. The quantitative estimate of drug-likeness (QED) is 0.113. The molecule has 12 atom stereocenters. The van der Waals surface area contributed by atoms with Gasteiger partial charge in [0.2, 0.25) is 70.9 Å². The first-order valence-corrected chi connectivity index (χ1v) is 39.7. The van der Waals surface area contributed by atoms with Crippen LogP contribution in [0.5, 0.6) is 0 Å². The van der Waals surface area contributed by atoms with Crippen molar-refractivity contribution in [3.05, 3.63) is 12.2 Å². The highest BCUT2D eigenvalue weighted by Gasteiger charge is 2.60. The third-order valence-electron chi connectivity index (χ3n) is 24.8. The van der Waals surface area contributed by atoms with Crippen LogP contribution in [-0.4, -0.2) is 282 Å². The van der Waals surface area contributed by atoms with Crippen molar-refractivity contribution in [2.75, 3.05) is 82.1 Å². The van der Waals surface area contributed by atoms with Crippen LogP contribution in [0.15, 0.2) is 12.2 Å². The van der Waals surface area contributed by atoms with Gasteiger partial charge in [-0.25, -0.2) is 8.78 Å². The summed E-state index contributed by atoms with van der Waals surface area (Å²) >= 11 is 0. The van der Waals surface area contributed by atoms with E-state index >= 15 is 42.3 Å². The Morgan fingerprint density at radius 3 is 1.84 bits per heavy atom. The second-order valence-electron chi connectivity index (χ2n) is 33.9. The molecule has 1 spiro atoms. The van der Waals surface area contributed by atoms with Crippen LogP contribution in [0.1, 0.15) is 203 Å². The molecular weight excluding hydrogens is 1410 g/mol. The van der Waals surface area contributed by atoms with Gasteiger partial charge in [-0.3, -0.25) is 57.5 Å². The number of fused-ring (bicyclic) bond motifs is 3. The minimum absolute atomic E-state index is 0.0275. The van der Waals surface area contributed by atoms with Crippen molar-refractivity contribution in [3.63, 3.8) is 0 Å². The number of halogens is 5. The standard InChI is InChI=1S/C78H123F5N12O13/c1-15-22-56-67(99)85-66(47(5)16-2)74(106)94(51-31-32-51)43-64(98)90(12)57-25-19-18-20-34-93(73(57)105)61(38-49-28-26-46(4)27-29-49)71(103)88(10)42-62(96)84-55(33-30-50-35-53(79)65(54(80)36-50)78(81,82)83)69(101)95-41-52(108-17-3)39-58(95)68(100)86-77(44-76(6,7)45-77)75(107)92(14)59(37-48-23-21-24-48)72(104)91(13)60(70(102)87(8)9)40-63(97)89(56)11/h18-19,46-61,65-66H,15-17,20-45H2,1-14H3,(H,84,96)(H,85,99)(H,86,100)/b19-18-/t46?,47-,49?,50?,52+,53?,54?,55-,56-,57-,58-,59-,60-,61-,65?,66-/m0/s1. The molecule has 5 aliphatic carbocycles. The van der Waals surface area contributed by atoms with Crippen molar-refractivity contribution >= 4 is 70.9 Å². The number of rotatable bonds is 15. The second-order valence-corrected chi connectivity index (χ2v) is 33.9. The van der Waals surface area contributed by atoms with Gasteiger partial charge in [-0.2, -0.15) is 13.2 Å². The van der Waals surface area contributed by atoms with Crippen molar-refractivity contribution in [2.24, 2.45) is 40.9 Å². The maximum atomic E-state index is 15.7. The van der Waals surface area contributed by atoms with E-state index < -0.39 is 217 Å². The van der Waals surface area contributed by atoms with Gasteiger partial charge in [0.15, 0.2) is 0 Å². The third kappa shape index (κ3) is 20.8. The molecule has 25 nitrogen and oxygen atoms in total. The molecule has 608 valence electrons. The lowest BCUT2D eigenvalue weighted by Crippen LogP contribution is -2.71. The Bertz CT molecular complexity index is 3250. The Morgan fingerprint density at radius 2 is 1.28 bits per heavy atom. The molecule has 0 radical (unpaired) electrons. The highest BCUT2D eigenvalue weighted by atomic mass is 19.4. The van der Waals surface area contributed by atoms with Crippen LogP contribution in [0.3, 0.4) is 0 Å². The van der Waals surface area contributed by atoms with Gasteiger partial charge in [0.1, 0.15) is 78.7 Å². The molecule has 3 aliphatic heterocycles. The van der Waals surface area contributed by atoms with Crippen LogP contribution in [0.4, 0.5) is 22.0 Å². The number of nitrogens with zero attached hydrogens (tertiary/aromatic N) is 9. The Kier molecular flexibility index (Phi) is 29.6. The molecule has 0 aromatic carbocycles. The predicted octanol–water partition coefficient (Wildman–Crippen LogP) is 6.73. The van der Waals surface area contributed by atoms with Crippen LogP contribution >= 0.6 is 0 Å². The van der Waals surface area contributed by atoms with E-state index in [1.165, 1.54) is 83.6 Å². The fraction of sp³-hybridized carbons (Fsp3) is 0.821.